The lowest BCUT2D eigenvalue weighted by Gasteiger charge is -2.16. The highest BCUT2D eigenvalue weighted by Crippen LogP contribution is 2.43. The van der Waals surface area contributed by atoms with E-state index in [0.717, 1.165) is 22.6 Å². The molecule has 0 fully saturated rings. The summed E-state index contributed by atoms with van der Waals surface area (Å²) in [5.74, 6) is 0. The fourth-order valence-corrected chi connectivity index (χ4v) is 6.89. The van der Waals surface area contributed by atoms with Crippen LogP contribution in [0.25, 0.3) is 66.2 Å². The molecule has 1 aliphatic heterocycles. The summed E-state index contributed by atoms with van der Waals surface area (Å²) >= 11 is 0. The number of nitrogens with one attached hydrogen (secondary N) is 1. The van der Waals surface area contributed by atoms with Crippen LogP contribution >= 0.6 is 0 Å². The Hall–Kier alpha value is -5.87. The molecule has 0 aliphatic carbocycles. The van der Waals surface area contributed by atoms with E-state index in [1.807, 2.05) is 24.5 Å². The third kappa shape index (κ3) is 3.74. The molecule has 1 unspecified atom stereocenters. The largest absolute Gasteiger partial charge is 0.381 e. The molecule has 3 aromatic heterocycles. The van der Waals surface area contributed by atoms with Gasteiger partial charge in [-0.1, -0.05) is 66.7 Å². The quantitative estimate of drug-likeness (QED) is 0.231. The zero-order valence-corrected chi connectivity index (χ0v) is 23.9. The number of fused-ring (bicyclic) bond motifs is 7. The first-order chi connectivity index (χ1) is 21.8. The van der Waals surface area contributed by atoms with Gasteiger partial charge in [-0.2, -0.15) is 0 Å². The molecule has 9 rings (SSSR count). The summed E-state index contributed by atoms with van der Waals surface area (Å²) in [6, 6.07) is 45.9. The highest BCUT2D eigenvalue weighted by atomic mass is 15.0. The fraction of sp³-hybridized carbons (Fsp3) is 0.0250. The molecule has 1 N–H and O–H groups in total. The summed E-state index contributed by atoms with van der Waals surface area (Å²) in [6.07, 6.45) is 10.3. The molecule has 208 valence electrons. The van der Waals surface area contributed by atoms with Crippen LogP contribution in [0.5, 0.6) is 0 Å². The van der Waals surface area contributed by atoms with E-state index < -0.39 is 0 Å². The lowest BCUT2D eigenvalue weighted by atomic mass is 9.99. The van der Waals surface area contributed by atoms with Crippen LogP contribution in [0.3, 0.4) is 0 Å². The first-order valence-corrected chi connectivity index (χ1v) is 15.0. The molecule has 0 radical (unpaired) electrons. The lowest BCUT2D eigenvalue weighted by molar-refractivity contribution is 0.747. The van der Waals surface area contributed by atoms with Crippen molar-refractivity contribution in [1.29, 1.82) is 0 Å². The highest BCUT2D eigenvalue weighted by molar-refractivity contribution is 6.29. The Morgan fingerprint density at radius 2 is 1.16 bits per heavy atom. The van der Waals surface area contributed by atoms with E-state index in [-0.39, 0.29) is 6.04 Å². The SMILES string of the molecule is C1=CNC(c2ccc3c(c2)c2c4c5cc(-c6ccccn6)ccc5n(-c5ccccc5)c4ccc2n3-c2ccccc2)C=C1. The maximum absolute atomic E-state index is 4.69. The van der Waals surface area contributed by atoms with Gasteiger partial charge >= 0.3 is 0 Å². The Kier molecular flexibility index (Phi) is 5.53. The van der Waals surface area contributed by atoms with E-state index in [2.05, 4.69) is 148 Å². The number of aromatic nitrogens is 3. The van der Waals surface area contributed by atoms with Crippen molar-refractivity contribution < 1.29 is 0 Å². The van der Waals surface area contributed by atoms with E-state index >= 15 is 0 Å². The minimum absolute atomic E-state index is 0.125. The van der Waals surface area contributed by atoms with Gasteiger partial charge in [0, 0.05) is 44.7 Å². The Morgan fingerprint density at radius 1 is 0.545 bits per heavy atom. The molecule has 0 bridgehead atoms. The molecule has 0 saturated heterocycles. The minimum Gasteiger partial charge on any atom is -0.381 e. The number of hydrogen-bond acceptors (Lipinski definition) is 2. The second-order valence-corrected chi connectivity index (χ2v) is 11.3. The van der Waals surface area contributed by atoms with Gasteiger partial charge in [0.1, 0.15) is 0 Å². The van der Waals surface area contributed by atoms with Crippen molar-refractivity contribution in [2.45, 2.75) is 6.04 Å². The van der Waals surface area contributed by atoms with E-state index in [1.54, 1.807) is 0 Å². The fourth-order valence-electron chi connectivity index (χ4n) is 6.89. The van der Waals surface area contributed by atoms with Crippen molar-refractivity contribution in [3.05, 3.63) is 164 Å². The summed E-state index contributed by atoms with van der Waals surface area (Å²) < 4.78 is 4.81. The van der Waals surface area contributed by atoms with Crippen LogP contribution in [0.2, 0.25) is 0 Å². The van der Waals surface area contributed by atoms with Crippen molar-refractivity contribution in [2.75, 3.05) is 0 Å². The van der Waals surface area contributed by atoms with Gasteiger partial charge in [-0.15, -0.1) is 0 Å². The maximum Gasteiger partial charge on any atom is 0.0702 e. The predicted octanol–water partition coefficient (Wildman–Crippen LogP) is 9.66. The molecule has 5 aromatic carbocycles. The maximum atomic E-state index is 4.69. The van der Waals surface area contributed by atoms with Crippen molar-refractivity contribution in [3.63, 3.8) is 0 Å². The number of allylic oxidation sites excluding steroid dienone is 2. The van der Waals surface area contributed by atoms with Crippen LogP contribution < -0.4 is 5.32 Å². The summed E-state index contributed by atoms with van der Waals surface area (Å²) in [7, 11) is 0. The second-order valence-electron chi connectivity index (χ2n) is 11.3. The summed E-state index contributed by atoms with van der Waals surface area (Å²) in [6.45, 7) is 0. The molecule has 4 heterocycles. The van der Waals surface area contributed by atoms with Crippen LogP contribution in [0.15, 0.2) is 158 Å². The molecule has 0 saturated carbocycles. The van der Waals surface area contributed by atoms with E-state index in [9.17, 15) is 0 Å². The Labute approximate surface area is 254 Å². The molecular formula is C40H28N4. The molecule has 4 heteroatoms. The van der Waals surface area contributed by atoms with E-state index in [1.165, 1.54) is 49.2 Å². The summed E-state index contributed by atoms with van der Waals surface area (Å²) in [5, 5.41) is 8.49. The van der Waals surface area contributed by atoms with Gasteiger partial charge in [0.05, 0.1) is 33.8 Å². The van der Waals surface area contributed by atoms with Crippen molar-refractivity contribution in [2.24, 2.45) is 0 Å². The zero-order chi connectivity index (χ0) is 29.0. The number of rotatable bonds is 4. The molecular weight excluding hydrogens is 536 g/mol. The van der Waals surface area contributed by atoms with Gasteiger partial charge in [-0.3, -0.25) is 4.98 Å². The van der Waals surface area contributed by atoms with Gasteiger partial charge < -0.3 is 14.5 Å². The van der Waals surface area contributed by atoms with Gasteiger partial charge in [-0.25, -0.2) is 0 Å². The smallest absolute Gasteiger partial charge is 0.0702 e. The number of hydrogen-bond donors (Lipinski definition) is 1. The summed E-state index contributed by atoms with van der Waals surface area (Å²) in [5.41, 5.74) is 10.4. The molecule has 8 aromatic rings. The number of para-hydroxylation sites is 2. The Morgan fingerprint density at radius 3 is 1.77 bits per heavy atom. The zero-order valence-electron chi connectivity index (χ0n) is 23.9. The van der Waals surface area contributed by atoms with Gasteiger partial charge in [0.2, 0.25) is 0 Å². The molecule has 4 nitrogen and oxygen atoms in total. The van der Waals surface area contributed by atoms with E-state index in [4.69, 9.17) is 4.98 Å². The third-order valence-electron chi connectivity index (χ3n) is 8.82. The van der Waals surface area contributed by atoms with Crippen molar-refractivity contribution in [1.82, 2.24) is 19.4 Å². The van der Waals surface area contributed by atoms with Gasteiger partial charge in [-0.05, 0) is 90.6 Å². The van der Waals surface area contributed by atoms with Crippen molar-refractivity contribution >= 4 is 43.6 Å². The predicted molar refractivity (Wildman–Crippen MR) is 183 cm³/mol. The number of dihydropyridines is 1. The Bertz CT molecular complexity index is 2400. The van der Waals surface area contributed by atoms with Crippen LogP contribution in [0.4, 0.5) is 0 Å². The molecule has 1 aliphatic rings. The minimum atomic E-state index is 0.125. The number of nitrogens with zero attached hydrogens (tertiary/aromatic N) is 3. The first-order valence-electron chi connectivity index (χ1n) is 15.0. The summed E-state index contributed by atoms with van der Waals surface area (Å²) in [4.78, 5) is 4.69. The molecule has 0 amide bonds. The average molecular weight is 565 g/mol. The average Bonchev–Trinajstić information content (AvgIpc) is 3.61. The highest BCUT2D eigenvalue weighted by Gasteiger charge is 2.22. The normalized spacial score (nSPS) is 14.6. The number of pyridine rings is 1. The first kappa shape index (κ1) is 24.7. The lowest BCUT2D eigenvalue weighted by Crippen LogP contribution is -2.14. The van der Waals surface area contributed by atoms with Crippen molar-refractivity contribution in [3.8, 4) is 22.6 Å². The van der Waals surface area contributed by atoms with Crippen LogP contribution in [0.1, 0.15) is 11.6 Å². The van der Waals surface area contributed by atoms with Crippen LogP contribution in [0, 0.1) is 0 Å². The number of benzene rings is 5. The molecule has 1 atom stereocenters. The van der Waals surface area contributed by atoms with Crippen LogP contribution in [-0.2, 0) is 0 Å². The van der Waals surface area contributed by atoms with Crippen LogP contribution in [-0.4, -0.2) is 14.1 Å². The molecule has 44 heavy (non-hydrogen) atoms. The van der Waals surface area contributed by atoms with E-state index in [0.29, 0.717) is 0 Å². The van der Waals surface area contributed by atoms with Gasteiger partial charge in [0.25, 0.3) is 0 Å². The second kappa shape index (κ2) is 9.85. The molecule has 0 spiro atoms. The van der Waals surface area contributed by atoms with Gasteiger partial charge in [0.15, 0.2) is 0 Å². The third-order valence-corrected chi connectivity index (χ3v) is 8.82. The standard InChI is InChI=1S/C40H28N4/c1-3-11-29(12-4-1)43-35-19-17-27(33-15-7-9-23-41-33)25-31(35)39-37(43)21-22-38-40(39)32-26-28(34-16-8-10-24-42-34)18-20-36(32)44(38)30-13-5-2-6-14-30/h1-26,33,41H. The Balaban J connectivity index is 1.46. The topological polar surface area (TPSA) is 34.8 Å². The monoisotopic (exact) mass is 564 g/mol.